The molecule has 0 saturated heterocycles. The molecule has 0 spiro atoms. The fourth-order valence-electron chi connectivity index (χ4n) is 1.61. The van der Waals surface area contributed by atoms with Crippen LogP contribution < -0.4 is 5.32 Å². The lowest BCUT2D eigenvalue weighted by Crippen LogP contribution is -2.23. The Hall–Kier alpha value is -0.830. The normalized spacial score (nSPS) is 13.1. The molecular formula is C12H23N3. The molecular weight excluding hydrogens is 186 g/mol. The fourth-order valence-corrected chi connectivity index (χ4v) is 1.61. The van der Waals surface area contributed by atoms with Gasteiger partial charge in [0.1, 0.15) is 0 Å². The zero-order valence-electron chi connectivity index (χ0n) is 10.4. The molecule has 1 heterocycles. The first-order chi connectivity index (χ1) is 7.13. The van der Waals surface area contributed by atoms with Crippen molar-refractivity contribution >= 4 is 0 Å². The lowest BCUT2D eigenvalue weighted by atomic mass is 10.1. The number of hydrogen-bond acceptors (Lipinski definition) is 2. The van der Waals surface area contributed by atoms with Crippen LogP contribution in [0.15, 0.2) is 6.20 Å². The standard InChI is InChI=1S/C12H23N3/c1-5-10(2)8-13-7-6-12-9-15(4)14-11(12)3/h9-10,13H,5-8H2,1-4H3. The van der Waals surface area contributed by atoms with Gasteiger partial charge < -0.3 is 5.32 Å². The van der Waals surface area contributed by atoms with Gasteiger partial charge in [-0.05, 0) is 37.9 Å². The Balaban J connectivity index is 2.23. The summed E-state index contributed by atoms with van der Waals surface area (Å²) < 4.78 is 1.89. The Morgan fingerprint density at radius 1 is 1.53 bits per heavy atom. The van der Waals surface area contributed by atoms with Crippen LogP contribution in [-0.2, 0) is 13.5 Å². The molecule has 0 aliphatic carbocycles. The van der Waals surface area contributed by atoms with E-state index in [1.165, 1.54) is 12.0 Å². The summed E-state index contributed by atoms with van der Waals surface area (Å²) in [6, 6.07) is 0. The number of aryl methyl sites for hydroxylation is 2. The maximum atomic E-state index is 4.33. The minimum absolute atomic E-state index is 0.778. The van der Waals surface area contributed by atoms with E-state index in [-0.39, 0.29) is 0 Å². The smallest absolute Gasteiger partial charge is 0.0626 e. The van der Waals surface area contributed by atoms with Crippen LogP contribution in [0.3, 0.4) is 0 Å². The first-order valence-electron chi connectivity index (χ1n) is 5.83. The topological polar surface area (TPSA) is 29.9 Å². The van der Waals surface area contributed by atoms with Crippen molar-refractivity contribution in [3.05, 3.63) is 17.5 Å². The number of nitrogens with one attached hydrogen (secondary N) is 1. The molecule has 0 aromatic carbocycles. The van der Waals surface area contributed by atoms with Crippen molar-refractivity contribution in [2.45, 2.75) is 33.6 Å². The average molecular weight is 209 g/mol. The monoisotopic (exact) mass is 209 g/mol. The highest BCUT2D eigenvalue weighted by molar-refractivity contribution is 5.15. The Morgan fingerprint density at radius 3 is 2.80 bits per heavy atom. The summed E-state index contributed by atoms with van der Waals surface area (Å²) in [5.74, 6) is 0.778. The van der Waals surface area contributed by atoms with Crippen molar-refractivity contribution in [1.29, 1.82) is 0 Å². The lowest BCUT2D eigenvalue weighted by Gasteiger charge is -2.09. The van der Waals surface area contributed by atoms with Crippen LogP contribution in [-0.4, -0.2) is 22.9 Å². The third kappa shape index (κ3) is 4.04. The summed E-state index contributed by atoms with van der Waals surface area (Å²) in [5.41, 5.74) is 2.51. The molecule has 0 amide bonds. The molecule has 1 aromatic heterocycles. The Kier molecular flexibility index (Phi) is 4.82. The highest BCUT2D eigenvalue weighted by atomic mass is 15.2. The van der Waals surface area contributed by atoms with Crippen molar-refractivity contribution in [2.75, 3.05) is 13.1 Å². The number of rotatable bonds is 6. The van der Waals surface area contributed by atoms with Crippen LogP contribution in [0.2, 0.25) is 0 Å². The molecule has 1 aromatic rings. The third-order valence-electron chi connectivity index (χ3n) is 2.88. The molecule has 1 unspecified atom stereocenters. The fraction of sp³-hybridized carbons (Fsp3) is 0.750. The molecule has 1 rings (SSSR count). The van der Waals surface area contributed by atoms with Crippen LogP contribution in [0, 0.1) is 12.8 Å². The van der Waals surface area contributed by atoms with E-state index >= 15 is 0 Å². The second-order valence-corrected chi connectivity index (χ2v) is 4.38. The van der Waals surface area contributed by atoms with E-state index in [0.717, 1.165) is 31.1 Å². The van der Waals surface area contributed by atoms with Crippen LogP contribution in [0.1, 0.15) is 31.5 Å². The summed E-state index contributed by atoms with van der Waals surface area (Å²) in [6.07, 6.45) is 4.44. The van der Waals surface area contributed by atoms with Crippen molar-refractivity contribution in [2.24, 2.45) is 13.0 Å². The molecule has 1 atom stereocenters. The van der Waals surface area contributed by atoms with Crippen LogP contribution >= 0.6 is 0 Å². The molecule has 0 bridgehead atoms. The van der Waals surface area contributed by atoms with Gasteiger partial charge in [-0.1, -0.05) is 20.3 Å². The molecule has 1 N–H and O–H groups in total. The summed E-state index contributed by atoms with van der Waals surface area (Å²) >= 11 is 0. The van der Waals surface area contributed by atoms with Crippen molar-refractivity contribution in [1.82, 2.24) is 15.1 Å². The SMILES string of the molecule is CCC(C)CNCCc1cn(C)nc1C. The lowest BCUT2D eigenvalue weighted by molar-refractivity contribution is 0.502. The largest absolute Gasteiger partial charge is 0.316 e. The van der Waals surface area contributed by atoms with E-state index in [0.29, 0.717) is 0 Å². The van der Waals surface area contributed by atoms with Crippen LogP contribution in [0.5, 0.6) is 0 Å². The Labute approximate surface area is 92.9 Å². The van der Waals surface area contributed by atoms with Gasteiger partial charge in [-0.25, -0.2) is 0 Å². The summed E-state index contributed by atoms with van der Waals surface area (Å²) in [4.78, 5) is 0. The predicted octanol–water partition coefficient (Wildman–Crippen LogP) is 1.91. The second-order valence-electron chi connectivity index (χ2n) is 4.38. The summed E-state index contributed by atoms with van der Waals surface area (Å²) in [6.45, 7) is 8.76. The van der Waals surface area contributed by atoms with Crippen molar-refractivity contribution in [3.63, 3.8) is 0 Å². The van der Waals surface area contributed by atoms with E-state index in [4.69, 9.17) is 0 Å². The molecule has 0 aliphatic rings. The predicted molar refractivity (Wildman–Crippen MR) is 64.0 cm³/mol. The quantitative estimate of drug-likeness (QED) is 0.725. The Bertz CT molecular complexity index is 291. The van der Waals surface area contributed by atoms with Gasteiger partial charge in [-0.15, -0.1) is 0 Å². The molecule has 15 heavy (non-hydrogen) atoms. The van der Waals surface area contributed by atoms with Gasteiger partial charge in [0, 0.05) is 13.2 Å². The molecule has 0 saturated carbocycles. The molecule has 3 heteroatoms. The first kappa shape index (κ1) is 12.2. The second kappa shape index (κ2) is 5.91. The van der Waals surface area contributed by atoms with E-state index in [9.17, 15) is 0 Å². The zero-order chi connectivity index (χ0) is 11.3. The maximum Gasteiger partial charge on any atom is 0.0626 e. The van der Waals surface area contributed by atoms with Gasteiger partial charge in [0.15, 0.2) is 0 Å². The number of nitrogens with zero attached hydrogens (tertiary/aromatic N) is 2. The molecule has 86 valence electrons. The molecule has 0 fully saturated rings. The number of hydrogen-bond donors (Lipinski definition) is 1. The number of aromatic nitrogens is 2. The molecule has 0 radical (unpaired) electrons. The summed E-state index contributed by atoms with van der Waals surface area (Å²) in [5, 5.41) is 7.81. The van der Waals surface area contributed by atoms with Crippen LogP contribution in [0.4, 0.5) is 0 Å². The van der Waals surface area contributed by atoms with Gasteiger partial charge in [0.25, 0.3) is 0 Å². The first-order valence-corrected chi connectivity index (χ1v) is 5.83. The van der Waals surface area contributed by atoms with E-state index < -0.39 is 0 Å². The maximum absolute atomic E-state index is 4.33. The van der Waals surface area contributed by atoms with E-state index in [1.54, 1.807) is 0 Å². The summed E-state index contributed by atoms with van der Waals surface area (Å²) in [7, 11) is 1.98. The zero-order valence-corrected chi connectivity index (χ0v) is 10.4. The minimum Gasteiger partial charge on any atom is -0.316 e. The Morgan fingerprint density at radius 2 is 2.27 bits per heavy atom. The van der Waals surface area contributed by atoms with Gasteiger partial charge in [0.05, 0.1) is 5.69 Å². The minimum atomic E-state index is 0.778. The molecule has 3 nitrogen and oxygen atoms in total. The van der Waals surface area contributed by atoms with Crippen molar-refractivity contribution in [3.8, 4) is 0 Å². The van der Waals surface area contributed by atoms with Gasteiger partial charge in [-0.2, -0.15) is 5.10 Å². The third-order valence-corrected chi connectivity index (χ3v) is 2.88. The highest BCUT2D eigenvalue weighted by Crippen LogP contribution is 2.04. The van der Waals surface area contributed by atoms with E-state index in [2.05, 4.69) is 37.4 Å². The van der Waals surface area contributed by atoms with Gasteiger partial charge in [-0.3, -0.25) is 4.68 Å². The van der Waals surface area contributed by atoms with E-state index in [1.807, 2.05) is 11.7 Å². The average Bonchev–Trinajstić information content (AvgIpc) is 2.52. The highest BCUT2D eigenvalue weighted by Gasteiger charge is 2.02. The van der Waals surface area contributed by atoms with Gasteiger partial charge in [0.2, 0.25) is 0 Å². The van der Waals surface area contributed by atoms with Gasteiger partial charge >= 0.3 is 0 Å². The molecule has 0 aliphatic heterocycles. The van der Waals surface area contributed by atoms with Crippen molar-refractivity contribution < 1.29 is 0 Å². The van der Waals surface area contributed by atoms with Crippen LogP contribution in [0.25, 0.3) is 0 Å².